The fourth-order valence-corrected chi connectivity index (χ4v) is 1.55. The second-order valence-electron chi connectivity index (χ2n) is 4.66. The van der Waals surface area contributed by atoms with Crippen molar-refractivity contribution in [3.05, 3.63) is 35.5 Å². The topological polar surface area (TPSA) is 75.9 Å². The van der Waals surface area contributed by atoms with E-state index in [-0.39, 0.29) is 0 Å². The van der Waals surface area contributed by atoms with Gasteiger partial charge in [-0.25, -0.2) is 0 Å². The predicted octanol–water partition coefficient (Wildman–Crippen LogP) is 1.88. The highest BCUT2D eigenvalue weighted by Crippen LogP contribution is 2.07. The van der Waals surface area contributed by atoms with E-state index in [1.807, 2.05) is 25.1 Å². The van der Waals surface area contributed by atoms with Gasteiger partial charge >= 0.3 is 6.01 Å². The predicted molar refractivity (Wildman–Crippen MR) is 72.6 cm³/mol. The van der Waals surface area contributed by atoms with Crippen LogP contribution in [0.3, 0.4) is 0 Å². The number of aromatic nitrogens is 3. The number of anilines is 1. The molecule has 6 nitrogen and oxygen atoms in total. The lowest BCUT2D eigenvalue weighted by Crippen LogP contribution is -2.21. The third-order valence-electron chi connectivity index (χ3n) is 2.50. The zero-order valence-electron chi connectivity index (χ0n) is 11.5. The van der Waals surface area contributed by atoms with Gasteiger partial charge in [0.2, 0.25) is 5.89 Å². The van der Waals surface area contributed by atoms with Crippen LogP contribution >= 0.6 is 0 Å². The molecule has 102 valence electrons. The molecular formula is C13H19N5O. The molecule has 0 radical (unpaired) electrons. The Bertz CT molecular complexity index is 523. The van der Waals surface area contributed by atoms with Gasteiger partial charge in [-0.15, -0.1) is 5.10 Å². The van der Waals surface area contributed by atoms with Gasteiger partial charge in [-0.2, -0.15) is 0 Å². The lowest BCUT2D eigenvalue weighted by Gasteiger charge is -2.03. The zero-order valence-corrected chi connectivity index (χ0v) is 11.5. The van der Waals surface area contributed by atoms with Crippen LogP contribution in [0, 0.1) is 6.92 Å². The molecule has 0 aliphatic heterocycles. The van der Waals surface area contributed by atoms with Crippen molar-refractivity contribution in [2.75, 3.05) is 5.32 Å². The Kier molecular flexibility index (Phi) is 4.46. The van der Waals surface area contributed by atoms with Gasteiger partial charge in [-0.05, 0) is 19.1 Å². The first-order chi connectivity index (χ1) is 9.13. The molecule has 0 spiro atoms. The van der Waals surface area contributed by atoms with Gasteiger partial charge in [0.1, 0.15) is 0 Å². The van der Waals surface area contributed by atoms with Crippen molar-refractivity contribution in [2.24, 2.45) is 0 Å². The maximum absolute atomic E-state index is 5.46. The molecule has 0 bridgehead atoms. The lowest BCUT2D eigenvalue weighted by molar-refractivity contribution is 0.458. The molecule has 0 amide bonds. The Morgan fingerprint density at radius 1 is 1.21 bits per heavy atom. The van der Waals surface area contributed by atoms with E-state index in [0.29, 0.717) is 31.0 Å². The third-order valence-corrected chi connectivity index (χ3v) is 2.50. The first kappa shape index (κ1) is 13.5. The summed E-state index contributed by atoms with van der Waals surface area (Å²) in [5.74, 6) is 0.577. The maximum atomic E-state index is 5.46. The molecule has 0 aromatic carbocycles. The van der Waals surface area contributed by atoms with Crippen LogP contribution in [0.5, 0.6) is 0 Å². The molecule has 2 N–H and O–H groups in total. The third kappa shape index (κ3) is 4.33. The van der Waals surface area contributed by atoms with Crippen LogP contribution < -0.4 is 10.6 Å². The van der Waals surface area contributed by atoms with Crippen molar-refractivity contribution in [3.63, 3.8) is 0 Å². The summed E-state index contributed by atoms with van der Waals surface area (Å²) in [7, 11) is 0. The number of nitrogens with one attached hydrogen (secondary N) is 2. The quantitative estimate of drug-likeness (QED) is 0.827. The molecule has 2 heterocycles. The summed E-state index contributed by atoms with van der Waals surface area (Å²) in [6, 6.07) is 6.71. The lowest BCUT2D eigenvalue weighted by atomic mass is 10.3. The molecule has 0 aliphatic rings. The smallest absolute Gasteiger partial charge is 0.315 e. The van der Waals surface area contributed by atoms with E-state index in [1.165, 1.54) is 0 Å². The second kappa shape index (κ2) is 6.29. The van der Waals surface area contributed by atoms with Gasteiger partial charge in [-0.3, -0.25) is 4.98 Å². The van der Waals surface area contributed by atoms with Gasteiger partial charge < -0.3 is 15.1 Å². The minimum Gasteiger partial charge on any atom is -0.407 e. The average molecular weight is 261 g/mol. The monoisotopic (exact) mass is 261 g/mol. The summed E-state index contributed by atoms with van der Waals surface area (Å²) in [6.45, 7) is 7.25. The van der Waals surface area contributed by atoms with E-state index in [2.05, 4.69) is 39.7 Å². The summed E-state index contributed by atoms with van der Waals surface area (Å²) >= 11 is 0. The van der Waals surface area contributed by atoms with Crippen LogP contribution in [0.1, 0.15) is 31.1 Å². The fraction of sp³-hybridized carbons (Fsp3) is 0.462. The van der Waals surface area contributed by atoms with Crippen molar-refractivity contribution in [1.82, 2.24) is 20.5 Å². The van der Waals surface area contributed by atoms with Gasteiger partial charge in [0.05, 0.1) is 18.8 Å². The van der Waals surface area contributed by atoms with Gasteiger partial charge in [0, 0.05) is 11.7 Å². The number of aryl methyl sites for hydroxylation is 1. The molecular weight excluding hydrogens is 242 g/mol. The van der Waals surface area contributed by atoms with E-state index in [9.17, 15) is 0 Å². The summed E-state index contributed by atoms with van der Waals surface area (Å²) in [6.07, 6.45) is 0. The van der Waals surface area contributed by atoms with Crippen LogP contribution in [-0.4, -0.2) is 21.2 Å². The molecule has 0 fully saturated rings. The molecule has 0 saturated heterocycles. The summed E-state index contributed by atoms with van der Waals surface area (Å²) in [5.41, 5.74) is 1.94. The van der Waals surface area contributed by atoms with Crippen LogP contribution in [0.2, 0.25) is 0 Å². The molecule has 2 aromatic heterocycles. The Morgan fingerprint density at radius 2 is 2.05 bits per heavy atom. The zero-order chi connectivity index (χ0) is 13.7. The number of hydrogen-bond acceptors (Lipinski definition) is 6. The minimum absolute atomic E-state index is 0.389. The SMILES string of the molecule is Cc1cccc(CNc2nnc(CNC(C)C)o2)n1. The highest BCUT2D eigenvalue weighted by Gasteiger charge is 2.06. The summed E-state index contributed by atoms with van der Waals surface area (Å²) in [5, 5.41) is 14.2. The Hall–Kier alpha value is -1.95. The Balaban J connectivity index is 1.86. The van der Waals surface area contributed by atoms with E-state index < -0.39 is 0 Å². The van der Waals surface area contributed by atoms with Gasteiger partial charge in [-0.1, -0.05) is 25.0 Å². The molecule has 19 heavy (non-hydrogen) atoms. The van der Waals surface area contributed by atoms with Crippen LogP contribution in [-0.2, 0) is 13.1 Å². The van der Waals surface area contributed by atoms with Crippen LogP contribution in [0.25, 0.3) is 0 Å². The van der Waals surface area contributed by atoms with Crippen molar-refractivity contribution in [3.8, 4) is 0 Å². The van der Waals surface area contributed by atoms with Crippen molar-refractivity contribution < 1.29 is 4.42 Å². The average Bonchev–Trinajstić information content (AvgIpc) is 2.82. The van der Waals surface area contributed by atoms with Gasteiger partial charge in [0.15, 0.2) is 0 Å². The van der Waals surface area contributed by atoms with Crippen molar-refractivity contribution in [1.29, 1.82) is 0 Å². The largest absolute Gasteiger partial charge is 0.407 e. The van der Waals surface area contributed by atoms with Gasteiger partial charge in [0.25, 0.3) is 0 Å². The van der Waals surface area contributed by atoms with E-state index in [0.717, 1.165) is 11.4 Å². The summed E-state index contributed by atoms with van der Waals surface area (Å²) < 4.78 is 5.46. The molecule has 0 atom stereocenters. The van der Waals surface area contributed by atoms with Crippen molar-refractivity contribution in [2.45, 2.75) is 39.9 Å². The molecule has 2 rings (SSSR count). The van der Waals surface area contributed by atoms with E-state index in [1.54, 1.807) is 0 Å². The second-order valence-corrected chi connectivity index (χ2v) is 4.66. The Morgan fingerprint density at radius 3 is 2.79 bits per heavy atom. The first-order valence-electron chi connectivity index (χ1n) is 6.35. The normalized spacial score (nSPS) is 10.9. The molecule has 0 saturated carbocycles. The number of pyridine rings is 1. The van der Waals surface area contributed by atoms with Crippen LogP contribution in [0.15, 0.2) is 22.6 Å². The Labute approximate surface area is 112 Å². The fourth-order valence-electron chi connectivity index (χ4n) is 1.55. The summed E-state index contributed by atoms with van der Waals surface area (Å²) in [4.78, 5) is 4.39. The number of hydrogen-bond donors (Lipinski definition) is 2. The first-order valence-corrected chi connectivity index (χ1v) is 6.35. The number of nitrogens with zero attached hydrogens (tertiary/aromatic N) is 3. The molecule has 6 heteroatoms. The van der Waals surface area contributed by atoms with Crippen LogP contribution in [0.4, 0.5) is 6.01 Å². The number of rotatable bonds is 6. The minimum atomic E-state index is 0.389. The highest BCUT2D eigenvalue weighted by molar-refractivity contribution is 5.20. The highest BCUT2D eigenvalue weighted by atomic mass is 16.4. The molecule has 2 aromatic rings. The van der Waals surface area contributed by atoms with E-state index in [4.69, 9.17) is 4.42 Å². The van der Waals surface area contributed by atoms with E-state index >= 15 is 0 Å². The van der Waals surface area contributed by atoms with Crippen molar-refractivity contribution >= 4 is 6.01 Å². The maximum Gasteiger partial charge on any atom is 0.315 e. The molecule has 0 unspecified atom stereocenters. The molecule has 0 aliphatic carbocycles. The standard InChI is InChI=1S/C13H19N5O/c1-9(2)14-8-12-17-18-13(19-12)15-7-11-6-4-5-10(3)16-11/h4-6,9,14H,7-8H2,1-3H3,(H,15,18).